The molecule has 0 amide bonds. The Bertz CT molecular complexity index is 297. The van der Waals surface area contributed by atoms with Gasteiger partial charge in [-0.1, -0.05) is 18.2 Å². The predicted octanol–water partition coefficient (Wildman–Crippen LogP) is 2.23. The maximum absolute atomic E-state index is 5.74. The minimum Gasteiger partial charge on any atom is -0.372 e. The van der Waals surface area contributed by atoms with Crippen LogP contribution in [0.2, 0.25) is 0 Å². The molecule has 0 saturated carbocycles. The second-order valence-corrected chi connectivity index (χ2v) is 4.19. The van der Waals surface area contributed by atoms with E-state index in [1.54, 1.807) is 18.9 Å². The Hall–Kier alpha value is -0.510. The van der Waals surface area contributed by atoms with Crippen molar-refractivity contribution in [2.24, 2.45) is 5.73 Å². The molecule has 14 heavy (non-hydrogen) atoms. The molecule has 1 aromatic carbocycles. The molecule has 0 heterocycles. The Kier molecular flexibility index (Phi) is 3.98. The van der Waals surface area contributed by atoms with Gasteiger partial charge in [-0.25, -0.2) is 0 Å². The van der Waals surface area contributed by atoms with Crippen molar-refractivity contribution in [1.29, 1.82) is 0 Å². The van der Waals surface area contributed by atoms with E-state index in [4.69, 9.17) is 10.5 Å². The molecule has 1 aromatic rings. The van der Waals surface area contributed by atoms with Gasteiger partial charge in [-0.2, -0.15) is 0 Å². The summed E-state index contributed by atoms with van der Waals surface area (Å²) in [5.74, 6) is 0. The van der Waals surface area contributed by atoms with Crippen LogP contribution in [-0.2, 0) is 10.3 Å². The smallest absolute Gasteiger partial charge is 0.103 e. The number of benzene rings is 1. The first-order valence-corrected chi connectivity index (χ1v) is 5.79. The molecule has 0 aliphatic rings. The summed E-state index contributed by atoms with van der Waals surface area (Å²) in [6.07, 6.45) is 2.06. The van der Waals surface area contributed by atoms with Gasteiger partial charge in [0.1, 0.15) is 5.60 Å². The number of ether oxygens (including phenoxy) is 1. The van der Waals surface area contributed by atoms with Gasteiger partial charge in [0.05, 0.1) is 0 Å². The molecular weight excluding hydrogens is 194 g/mol. The maximum atomic E-state index is 5.74. The summed E-state index contributed by atoms with van der Waals surface area (Å²) >= 11 is 1.72. The highest BCUT2D eigenvalue weighted by Gasteiger charge is 2.26. The van der Waals surface area contributed by atoms with Crippen molar-refractivity contribution in [3.8, 4) is 0 Å². The lowest BCUT2D eigenvalue weighted by atomic mass is 9.96. The van der Waals surface area contributed by atoms with Crippen molar-refractivity contribution >= 4 is 11.8 Å². The minimum atomic E-state index is -0.375. The summed E-state index contributed by atoms with van der Waals surface area (Å²) in [6.45, 7) is 2.50. The molecule has 1 rings (SSSR count). The van der Waals surface area contributed by atoms with Gasteiger partial charge >= 0.3 is 0 Å². The summed E-state index contributed by atoms with van der Waals surface area (Å²) in [4.78, 5) is 1.22. The highest BCUT2D eigenvalue weighted by atomic mass is 32.2. The van der Waals surface area contributed by atoms with Crippen LogP contribution in [0.3, 0.4) is 0 Å². The third kappa shape index (κ3) is 2.11. The number of hydrogen-bond acceptors (Lipinski definition) is 3. The highest BCUT2D eigenvalue weighted by Crippen LogP contribution is 2.31. The summed E-state index contributed by atoms with van der Waals surface area (Å²) in [5, 5.41) is 0. The molecule has 1 unspecified atom stereocenters. The van der Waals surface area contributed by atoms with Gasteiger partial charge in [0.25, 0.3) is 0 Å². The lowest BCUT2D eigenvalue weighted by Gasteiger charge is -2.28. The minimum absolute atomic E-state index is 0.375. The van der Waals surface area contributed by atoms with Gasteiger partial charge < -0.3 is 10.5 Å². The molecule has 0 bridgehead atoms. The summed E-state index contributed by atoms with van der Waals surface area (Å²) in [6, 6.07) is 8.21. The van der Waals surface area contributed by atoms with E-state index in [0.29, 0.717) is 6.54 Å². The molecule has 0 spiro atoms. The molecule has 1 atom stereocenters. The van der Waals surface area contributed by atoms with Crippen molar-refractivity contribution in [2.45, 2.75) is 17.4 Å². The zero-order valence-corrected chi connectivity index (χ0v) is 9.73. The van der Waals surface area contributed by atoms with Gasteiger partial charge in [-0.15, -0.1) is 11.8 Å². The quantitative estimate of drug-likeness (QED) is 0.776. The lowest BCUT2D eigenvalue weighted by molar-refractivity contribution is 0.00789. The topological polar surface area (TPSA) is 35.2 Å². The fraction of sp³-hybridized carbons (Fsp3) is 0.455. The van der Waals surface area contributed by atoms with Gasteiger partial charge in [0.15, 0.2) is 0 Å². The van der Waals surface area contributed by atoms with Gasteiger partial charge in [-0.3, -0.25) is 0 Å². The molecule has 0 radical (unpaired) electrons. The Balaban J connectivity index is 3.15. The summed E-state index contributed by atoms with van der Waals surface area (Å²) in [7, 11) is 1.70. The Morgan fingerprint density at radius 3 is 2.57 bits per heavy atom. The highest BCUT2D eigenvalue weighted by molar-refractivity contribution is 7.98. The number of thioether (sulfide) groups is 1. The van der Waals surface area contributed by atoms with Crippen LogP contribution >= 0.6 is 11.8 Å². The van der Waals surface area contributed by atoms with Crippen LogP contribution in [0, 0.1) is 0 Å². The van der Waals surface area contributed by atoms with E-state index in [0.717, 1.165) is 5.56 Å². The molecule has 0 aliphatic carbocycles. The summed E-state index contributed by atoms with van der Waals surface area (Å²) in [5.41, 5.74) is 6.53. The molecule has 0 aliphatic heterocycles. The number of methoxy groups -OCH3 is 1. The normalized spacial score (nSPS) is 15.1. The van der Waals surface area contributed by atoms with E-state index < -0.39 is 0 Å². The third-order valence-corrected chi connectivity index (χ3v) is 3.31. The van der Waals surface area contributed by atoms with Crippen molar-refractivity contribution in [3.63, 3.8) is 0 Å². The fourth-order valence-corrected chi connectivity index (χ4v) is 2.10. The van der Waals surface area contributed by atoms with Crippen molar-refractivity contribution in [1.82, 2.24) is 0 Å². The van der Waals surface area contributed by atoms with Crippen LogP contribution in [0.1, 0.15) is 12.5 Å². The van der Waals surface area contributed by atoms with Gasteiger partial charge in [-0.05, 0) is 24.8 Å². The number of hydrogen-bond donors (Lipinski definition) is 1. The predicted molar refractivity (Wildman–Crippen MR) is 61.6 cm³/mol. The van der Waals surface area contributed by atoms with Crippen LogP contribution in [0.5, 0.6) is 0 Å². The molecule has 2 N–H and O–H groups in total. The molecule has 3 heteroatoms. The number of rotatable bonds is 4. The average molecular weight is 211 g/mol. The van der Waals surface area contributed by atoms with Crippen molar-refractivity contribution in [3.05, 3.63) is 29.8 Å². The summed E-state index contributed by atoms with van der Waals surface area (Å²) < 4.78 is 5.48. The Morgan fingerprint density at radius 2 is 2.07 bits per heavy atom. The third-order valence-electron chi connectivity index (χ3n) is 2.52. The first-order valence-electron chi connectivity index (χ1n) is 4.56. The monoisotopic (exact) mass is 211 g/mol. The van der Waals surface area contributed by atoms with Crippen LogP contribution < -0.4 is 5.73 Å². The molecule has 0 fully saturated rings. The average Bonchev–Trinajstić information content (AvgIpc) is 2.28. The zero-order valence-electron chi connectivity index (χ0n) is 8.91. The van der Waals surface area contributed by atoms with Gasteiger partial charge in [0, 0.05) is 18.6 Å². The molecule has 78 valence electrons. The Labute approximate surface area is 89.8 Å². The van der Waals surface area contributed by atoms with Crippen LogP contribution in [0.25, 0.3) is 0 Å². The first-order chi connectivity index (χ1) is 6.68. The van der Waals surface area contributed by atoms with Crippen LogP contribution in [0.4, 0.5) is 0 Å². The molecule has 2 nitrogen and oxygen atoms in total. The van der Waals surface area contributed by atoms with E-state index in [9.17, 15) is 0 Å². The van der Waals surface area contributed by atoms with E-state index in [2.05, 4.69) is 18.4 Å². The lowest BCUT2D eigenvalue weighted by Crippen LogP contribution is -2.34. The molecule has 0 aromatic heterocycles. The van der Waals surface area contributed by atoms with E-state index >= 15 is 0 Å². The van der Waals surface area contributed by atoms with E-state index in [1.165, 1.54) is 4.90 Å². The Morgan fingerprint density at radius 1 is 1.43 bits per heavy atom. The fourth-order valence-electron chi connectivity index (χ4n) is 1.38. The van der Waals surface area contributed by atoms with Crippen LogP contribution in [0.15, 0.2) is 29.2 Å². The molecule has 0 saturated heterocycles. The number of nitrogens with two attached hydrogens (primary N) is 1. The first kappa shape index (κ1) is 11.6. The van der Waals surface area contributed by atoms with Gasteiger partial charge in [0.2, 0.25) is 0 Å². The van der Waals surface area contributed by atoms with Crippen molar-refractivity contribution < 1.29 is 4.74 Å². The van der Waals surface area contributed by atoms with Crippen LogP contribution in [-0.4, -0.2) is 19.9 Å². The zero-order chi connectivity index (χ0) is 10.6. The van der Waals surface area contributed by atoms with E-state index in [1.807, 2.05) is 19.1 Å². The second-order valence-electron chi connectivity index (χ2n) is 3.34. The maximum Gasteiger partial charge on any atom is 0.103 e. The largest absolute Gasteiger partial charge is 0.372 e. The molecular formula is C11H17NOS. The van der Waals surface area contributed by atoms with E-state index in [-0.39, 0.29) is 5.60 Å². The standard InChI is InChI=1S/C11H17NOS/c1-11(8-12,13-2)9-6-4-5-7-10(9)14-3/h4-7H,8,12H2,1-3H3. The van der Waals surface area contributed by atoms with Crippen molar-refractivity contribution in [2.75, 3.05) is 19.9 Å². The second kappa shape index (κ2) is 4.82. The SMILES string of the molecule is COC(C)(CN)c1ccccc1SC.